The third-order valence-corrected chi connectivity index (χ3v) is 3.64. The van der Waals surface area contributed by atoms with Crippen molar-refractivity contribution in [3.8, 4) is 11.5 Å². The summed E-state index contributed by atoms with van der Waals surface area (Å²) in [5.41, 5.74) is 1.55. The Hall–Kier alpha value is -3.02. The van der Waals surface area contributed by atoms with Gasteiger partial charge in [-0.05, 0) is 42.3 Å². The van der Waals surface area contributed by atoms with E-state index in [1.54, 1.807) is 31.4 Å². The molecule has 0 radical (unpaired) electrons. The van der Waals surface area contributed by atoms with Crippen molar-refractivity contribution < 1.29 is 19.1 Å². The molecule has 6 heteroatoms. The standard InChI is InChI=1S/C19H22N2O4/c1-24-16-8-6-14(7-9-16)10-11-20-18(22)13-21-19(23)15-4-3-5-17(12-15)25-2/h3-9,12H,10-11,13H2,1-2H3,(H,20,22)(H,21,23). The molecule has 132 valence electrons. The molecule has 2 aromatic rings. The number of benzene rings is 2. The van der Waals surface area contributed by atoms with Gasteiger partial charge in [-0.2, -0.15) is 0 Å². The van der Waals surface area contributed by atoms with Crippen LogP contribution in [0.4, 0.5) is 0 Å². The number of carbonyl (C=O) groups excluding carboxylic acids is 2. The van der Waals surface area contributed by atoms with Crippen molar-refractivity contribution in [2.75, 3.05) is 27.3 Å². The maximum absolute atomic E-state index is 12.0. The third-order valence-electron chi connectivity index (χ3n) is 3.64. The van der Waals surface area contributed by atoms with Gasteiger partial charge in [-0.25, -0.2) is 0 Å². The highest BCUT2D eigenvalue weighted by atomic mass is 16.5. The summed E-state index contributed by atoms with van der Waals surface area (Å²) in [6.45, 7) is 0.429. The van der Waals surface area contributed by atoms with Crippen molar-refractivity contribution in [2.45, 2.75) is 6.42 Å². The molecule has 0 bridgehead atoms. The molecule has 0 saturated heterocycles. The number of rotatable bonds is 8. The van der Waals surface area contributed by atoms with Crippen LogP contribution in [0.1, 0.15) is 15.9 Å². The number of hydrogen-bond acceptors (Lipinski definition) is 4. The van der Waals surface area contributed by atoms with Gasteiger partial charge in [0, 0.05) is 12.1 Å². The first kappa shape index (κ1) is 18.3. The van der Waals surface area contributed by atoms with Gasteiger partial charge in [-0.15, -0.1) is 0 Å². The summed E-state index contributed by atoms with van der Waals surface area (Å²) in [4.78, 5) is 23.8. The zero-order chi connectivity index (χ0) is 18.1. The van der Waals surface area contributed by atoms with Crippen LogP contribution in [0.3, 0.4) is 0 Å². The number of hydrogen-bond donors (Lipinski definition) is 2. The highest BCUT2D eigenvalue weighted by Crippen LogP contribution is 2.12. The summed E-state index contributed by atoms with van der Waals surface area (Å²) < 4.78 is 10.2. The molecular weight excluding hydrogens is 320 g/mol. The van der Waals surface area contributed by atoms with E-state index in [1.165, 1.54) is 7.11 Å². The molecule has 2 N–H and O–H groups in total. The number of amides is 2. The molecule has 0 spiro atoms. The fraction of sp³-hybridized carbons (Fsp3) is 0.263. The summed E-state index contributed by atoms with van der Waals surface area (Å²) in [6.07, 6.45) is 0.708. The number of methoxy groups -OCH3 is 2. The van der Waals surface area contributed by atoms with Crippen LogP contribution in [-0.4, -0.2) is 39.1 Å². The molecular formula is C19H22N2O4. The van der Waals surface area contributed by atoms with E-state index in [0.29, 0.717) is 24.3 Å². The Bertz CT molecular complexity index is 714. The second-order valence-corrected chi connectivity index (χ2v) is 5.36. The number of carbonyl (C=O) groups is 2. The fourth-order valence-corrected chi connectivity index (χ4v) is 2.23. The van der Waals surface area contributed by atoms with E-state index in [-0.39, 0.29) is 18.4 Å². The maximum atomic E-state index is 12.0. The number of nitrogens with one attached hydrogen (secondary N) is 2. The first-order chi connectivity index (χ1) is 12.1. The van der Waals surface area contributed by atoms with E-state index in [2.05, 4.69) is 10.6 Å². The molecule has 0 aliphatic heterocycles. The van der Waals surface area contributed by atoms with Gasteiger partial charge in [0.25, 0.3) is 5.91 Å². The average Bonchev–Trinajstić information content (AvgIpc) is 2.66. The van der Waals surface area contributed by atoms with Crippen LogP contribution in [0.2, 0.25) is 0 Å². The van der Waals surface area contributed by atoms with Crippen molar-refractivity contribution >= 4 is 11.8 Å². The van der Waals surface area contributed by atoms with Gasteiger partial charge in [0.2, 0.25) is 5.91 Å². The van der Waals surface area contributed by atoms with E-state index < -0.39 is 0 Å². The van der Waals surface area contributed by atoms with Gasteiger partial charge in [0.05, 0.1) is 20.8 Å². The summed E-state index contributed by atoms with van der Waals surface area (Å²) in [7, 11) is 3.16. The highest BCUT2D eigenvalue weighted by molar-refractivity contribution is 5.96. The smallest absolute Gasteiger partial charge is 0.251 e. The van der Waals surface area contributed by atoms with Gasteiger partial charge >= 0.3 is 0 Å². The molecule has 25 heavy (non-hydrogen) atoms. The van der Waals surface area contributed by atoms with Crippen molar-refractivity contribution in [1.29, 1.82) is 0 Å². The molecule has 6 nitrogen and oxygen atoms in total. The molecule has 0 unspecified atom stereocenters. The van der Waals surface area contributed by atoms with Gasteiger partial charge in [-0.1, -0.05) is 18.2 Å². The van der Waals surface area contributed by atoms with Crippen LogP contribution in [0.15, 0.2) is 48.5 Å². The molecule has 0 heterocycles. The Labute approximate surface area is 147 Å². The molecule has 0 aromatic heterocycles. The Kier molecular flexibility index (Phi) is 6.83. The van der Waals surface area contributed by atoms with Gasteiger partial charge < -0.3 is 20.1 Å². The molecule has 0 saturated carbocycles. The normalized spacial score (nSPS) is 10.0. The van der Waals surface area contributed by atoms with E-state index in [9.17, 15) is 9.59 Å². The summed E-state index contributed by atoms with van der Waals surface area (Å²) in [5.74, 6) is 0.846. The largest absolute Gasteiger partial charge is 0.497 e. The lowest BCUT2D eigenvalue weighted by Gasteiger charge is -2.08. The molecule has 0 atom stereocenters. The SMILES string of the molecule is COc1ccc(CCNC(=O)CNC(=O)c2cccc(OC)c2)cc1. The van der Waals surface area contributed by atoms with E-state index >= 15 is 0 Å². The summed E-state index contributed by atoms with van der Waals surface area (Å²) in [6, 6.07) is 14.4. The quantitative estimate of drug-likeness (QED) is 0.767. The van der Waals surface area contributed by atoms with Crippen LogP contribution >= 0.6 is 0 Å². The lowest BCUT2D eigenvalue weighted by molar-refractivity contribution is -0.120. The van der Waals surface area contributed by atoms with E-state index in [4.69, 9.17) is 9.47 Å². The maximum Gasteiger partial charge on any atom is 0.251 e. The molecule has 0 aliphatic carbocycles. The van der Waals surface area contributed by atoms with Crippen molar-refractivity contribution in [1.82, 2.24) is 10.6 Å². The fourth-order valence-electron chi connectivity index (χ4n) is 2.23. The molecule has 2 amide bonds. The zero-order valence-electron chi connectivity index (χ0n) is 14.4. The average molecular weight is 342 g/mol. The van der Waals surface area contributed by atoms with Crippen LogP contribution in [-0.2, 0) is 11.2 Å². The van der Waals surface area contributed by atoms with Crippen LogP contribution in [0.25, 0.3) is 0 Å². The summed E-state index contributed by atoms with van der Waals surface area (Å²) in [5, 5.41) is 5.37. The molecule has 0 fully saturated rings. The predicted molar refractivity (Wildman–Crippen MR) is 95.0 cm³/mol. The first-order valence-electron chi connectivity index (χ1n) is 7.94. The minimum atomic E-state index is -0.316. The minimum Gasteiger partial charge on any atom is -0.497 e. The monoisotopic (exact) mass is 342 g/mol. The molecule has 2 aromatic carbocycles. The Balaban J connectivity index is 1.71. The minimum absolute atomic E-state index is 0.0708. The van der Waals surface area contributed by atoms with E-state index in [0.717, 1.165) is 11.3 Å². The van der Waals surface area contributed by atoms with Gasteiger partial charge in [0.1, 0.15) is 11.5 Å². The Morgan fingerprint density at radius 3 is 2.32 bits per heavy atom. The lowest BCUT2D eigenvalue weighted by atomic mass is 10.1. The topological polar surface area (TPSA) is 76.7 Å². The Morgan fingerprint density at radius 1 is 0.920 bits per heavy atom. The predicted octanol–water partition coefficient (Wildman–Crippen LogP) is 1.79. The van der Waals surface area contributed by atoms with Crippen LogP contribution < -0.4 is 20.1 Å². The second kappa shape index (κ2) is 9.32. The molecule has 2 rings (SSSR count). The lowest BCUT2D eigenvalue weighted by Crippen LogP contribution is -2.37. The van der Waals surface area contributed by atoms with Crippen molar-refractivity contribution in [3.05, 3.63) is 59.7 Å². The number of ether oxygens (including phenoxy) is 2. The van der Waals surface area contributed by atoms with Crippen LogP contribution in [0, 0.1) is 0 Å². The van der Waals surface area contributed by atoms with Gasteiger partial charge in [-0.3, -0.25) is 9.59 Å². The van der Waals surface area contributed by atoms with Crippen molar-refractivity contribution in [3.63, 3.8) is 0 Å². The highest BCUT2D eigenvalue weighted by Gasteiger charge is 2.08. The van der Waals surface area contributed by atoms with Crippen molar-refractivity contribution in [2.24, 2.45) is 0 Å². The van der Waals surface area contributed by atoms with Gasteiger partial charge in [0.15, 0.2) is 0 Å². The zero-order valence-corrected chi connectivity index (χ0v) is 14.4. The third kappa shape index (κ3) is 5.84. The van der Waals surface area contributed by atoms with E-state index in [1.807, 2.05) is 24.3 Å². The second-order valence-electron chi connectivity index (χ2n) is 5.36. The first-order valence-corrected chi connectivity index (χ1v) is 7.94. The molecule has 0 aliphatic rings. The summed E-state index contributed by atoms with van der Waals surface area (Å²) >= 11 is 0. The Morgan fingerprint density at radius 2 is 1.64 bits per heavy atom. The van der Waals surface area contributed by atoms with Crippen LogP contribution in [0.5, 0.6) is 11.5 Å².